The van der Waals surface area contributed by atoms with Gasteiger partial charge >= 0.3 is 0 Å². The number of hydrogen-bond donors (Lipinski definition) is 2. The van der Waals surface area contributed by atoms with Gasteiger partial charge in [-0.3, -0.25) is 19.3 Å². The maximum Gasteiger partial charge on any atom is 0.243 e. The number of hydrogen-bond acceptors (Lipinski definition) is 6. The Hall–Kier alpha value is -0.990. The number of nitrogens with zero attached hydrogens (tertiary/aromatic N) is 1. The fourth-order valence-corrected chi connectivity index (χ4v) is 2.77. The lowest BCUT2D eigenvalue weighted by atomic mass is 10.2. The third kappa shape index (κ3) is 3.27. The molecule has 1 aliphatic heterocycles. The molecule has 0 aliphatic carbocycles. The van der Waals surface area contributed by atoms with E-state index < -0.39 is 23.1 Å². The summed E-state index contributed by atoms with van der Waals surface area (Å²) in [6.07, 6.45) is 0.0412. The van der Waals surface area contributed by atoms with Crippen LogP contribution in [0.15, 0.2) is 0 Å². The molecule has 1 aliphatic rings. The molecule has 3 N–H and O–H groups in total. The molecule has 6 nitrogen and oxygen atoms in total. The fraction of sp³-hybridized carbons (Fsp3) is 0.700. The summed E-state index contributed by atoms with van der Waals surface area (Å²) in [5.41, 5.74) is 6.89. The number of carbonyl (C=O) groups is 3. The highest BCUT2D eigenvalue weighted by Gasteiger charge is 2.43. The number of nitrogens with one attached hydrogen (secondary N) is 1. The number of likely N-dealkylation sites (tertiary alicyclic amines) is 1. The van der Waals surface area contributed by atoms with Gasteiger partial charge in [-0.2, -0.15) is 5.54 Å². The van der Waals surface area contributed by atoms with E-state index in [9.17, 15) is 18.9 Å². The predicted molar refractivity (Wildman–Crippen MR) is 65.4 cm³/mol. The molecule has 0 aromatic carbocycles. The monoisotopic (exact) mass is 277 g/mol. The summed E-state index contributed by atoms with van der Waals surface area (Å²) in [7, 11) is 0. The first kappa shape index (κ1) is 15.1. The molecule has 0 saturated carbocycles. The van der Waals surface area contributed by atoms with Crippen molar-refractivity contribution in [1.82, 2.24) is 10.4 Å². The molecule has 102 valence electrons. The predicted octanol–water partition coefficient (Wildman–Crippen LogP) is -0.762. The smallest absolute Gasteiger partial charge is 0.243 e. The Morgan fingerprint density at radius 1 is 1.67 bits per heavy atom. The Morgan fingerprint density at radius 2 is 2.33 bits per heavy atom. The van der Waals surface area contributed by atoms with Gasteiger partial charge < -0.3 is 5.73 Å². The Labute approximate surface area is 108 Å². The maximum atomic E-state index is 12.0. The van der Waals surface area contributed by atoms with Gasteiger partial charge in [0, 0.05) is 25.3 Å². The van der Waals surface area contributed by atoms with E-state index in [1.807, 2.05) is 0 Å². The number of nitrogens with two attached hydrogens (primary N) is 1. The lowest BCUT2D eigenvalue weighted by Gasteiger charge is -2.22. The molecule has 0 bridgehead atoms. The zero-order valence-corrected chi connectivity index (χ0v) is 10.8. The molecule has 1 heterocycles. The van der Waals surface area contributed by atoms with Gasteiger partial charge in [-0.15, -0.1) is 16.2 Å². The third-order valence-corrected chi connectivity index (χ3v) is 3.87. The minimum absolute atomic E-state index is 0.0412. The van der Waals surface area contributed by atoms with Gasteiger partial charge in [0.1, 0.15) is 6.04 Å². The molecule has 18 heavy (non-hydrogen) atoms. The van der Waals surface area contributed by atoms with Crippen LogP contribution in [0.25, 0.3) is 0 Å². The van der Waals surface area contributed by atoms with Crippen molar-refractivity contribution in [3.05, 3.63) is 0 Å². The zero-order chi connectivity index (χ0) is 13.7. The molecule has 0 aromatic rings. The number of rotatable bonds is 7. The molecular weight excluding hydrogens is 261 g/mol. The highest BCUT2D eigenvalue weighted by Crippen LogP contribution is 2.26. The van der Waals surface area contributed by atoms with E-state index in [1.54, 1.807) is 0 Å². The van der Waals surface area contributed by atoms with Gasteiger partial charge in [-0.25, -0.2) is 0 Å². The lowest BCUT2D eigenvalue weighted by Crippen LogP contribution is -2.48. The minimum Gasteiger partial charge on any atom is -0.328 e. The number of imide groups is 1. The van der Waals surface area contributed by atoms with Gasteiger partial charge in [0.2, 0.25) is 11.8 Å². The van der Waals surface area contributed by atoms with E-state index in [4.69, 9.17) is 5.73 Å². The standard InChI is InChI=1S/C10H16FN3O3S/c1-6(15)7(5-12)14-9(16)4-8(10(14)17)18-3-2-13-11/h7-8,13H,2-5,12H2,1H3. The molecule has 1 fully saturated rings. The Kier molecular flexibility index (Phi) is 5.70. The van der Waals surface area contributed by atoms with E-state index in [1.165, 1.54) is 24.2 Å². The van der Waals surface area contributed by atoms with Crippen LogP contribution in [-0.4, -0.2) is 52.6 Å². The Balaban J connectivity index is 2.69. The van der Waals surface area contributed by atoms with Crippen LogP contribution in [0.2, 0.25) is 0 Å². The second-order valence-corrected chi connectivity index (χ2v) is 5.22. The largest absolute Gasteiger partial charge is 0.328 e. The van der Waals surface area contributed by atoms with Crippen molar-refractivity contribution in [3.8, 4) is 0 Å². The molecular formula is C10H16FN3O3S. The molecule has 0 aromatic heterocycles. The molecule has 2 amide bonds. The van der Waals surface area contributed by atoms with Crippen molar-refractivity contribution in [2.24, 2.45) is 5.73 Å². The fourth-order valence-electron chi connectivity index (χ4n) is 1.77. The van der Waals surface area contributed by atoms with Crippen LogP contribution in [0.4, 0.5) is 4.48 Å². The quantitative estimate of drug-likeness (QED) is 0.361. The maximum absolute atomic E-state index is 12.0. The molecule has 1 saturated heterocycles. The Bertz CT molecular complexity index is 353. The van der Waals surface area contributed by atoms with Crippen LogP contribution < -0.4 is 11.3 Å². The third-order valence-electron chi connectivity index (χ3n) is 2.66. The lowest BCUT2D eigenvalue weighted by molar-refractivity contribution is -0.145. The van der Waals surface area contributed by atoms with Gasteiger partial charge in [0.15, 0.2) is 5.78 Å². The zero-order valence-electron chi connectivity index (χ0n) is 10.0. The number of halogens is 1. The number of amides is 2. The van der Waals surface area contributed by atoms with Crippen LogP contribution in [0.3, 0.4) is 0 Å². The van der Waals surface area contributed by atoms with Crippen molar-refractivity contribution in [2.75, 3.05) is 18.8 Å². The van der Waals surface area contributed by atoms with E-state index >= 15 is 0 Å². The number of ketones is 1. The first-order chi connectivity index (χ1) is 8.52. The average molecular weight is 277 g/mol. The summed E-state index contributed by atoms with van der Waals surface area (Å²) in [6, 6.07) is -0.880. The summed E-state index contributed by atoms with van der Waals surface area (Å²) >= 11 is 1.20. The summed E-state index contributed by atoms with van der Waals surface area (Å²) in [4.78, 5) is 36.0. The van der Waals surface area contributed by atoms with Gasteiger partial charge in [0.25, 0.3) is 0 Å². The highest BCUT2D eigenvalue weighted by atomic mass is 32.2. The molecule has 2 atom stereocenters. The van der Waals surface area contributed by atoms with Crippen LogP contribution in [0.1, 0.15) is 13.3 Å². The SMILES string of the molecule is CC(=O)C(CN)N1C(=O)CC(SCCNF)C1=O. The first-order valence-electron chi connectivity index (χ1n) is 5.54. The van der Waals surface area contributed by atoms with E-state index in [0.29, 0.717) is 5.75 Å². The summed E-state index contributed by atoms with van der Waals surface area (Å²) in [5.74, 6) is -0.734. The summed E-state index contributed by atoms with van der Waals surface area (Å²) < 4.78 is 11.7. The summed E-state index contributed by atoms with van der Waals surface area (Å²) in [6.45, 7) is 1.33. The average Bonchev–Trinajstić information content (AvgIpc) is 2.58. The Morgan fingerprint density at radius 3 is 2.83 bits per heavy atom. The number of thioether (sulfide) groups is 1. The van der Waals surface area contributed by atoms with Crippen molar-refractivity contribution in [1.29, 1.82) is 0 Å². The highest BCUT2D eigenvalue weighted by molar-refractivity contribution is 8.00. The number of Topliss-reactive ketones (excluding diaryl/α,β-unsaturated/α-hetero) is 1. The van der Waals surface area contributed by atoms with E-state index in [2.05, 4.69) is 0 Å². The summed E-state index contributed by atoms with van der Waals surface area (Å²) in [5, 5.41) is -0.542. The molecule has 8 heteroatoms. The first-order valence-corrected chi connectivity index (χ1v) is 6.59. The van der Waals surface area contributed by atoms with Gasteiger partial charge in [0.05, 0.1) is 5.25 Å². The minimum atomic E-state index is -0.880. The molecule has 2 unspecified atom stereocenters. The number of carbonyl (C=O) groups excluding carboxylic acids is 3. The molecule has 0 radical (unpaired) electrons. The topological polar surface area (TPSA) is 92.5 Å². The van der Waals surface area contributed by atoms with E-state index in [0.717, 1.165) is 4.90 Å². The molecule has 0 spiro atoms. The normalized spacial score (nSPS) is 21.5. The van der Waals surface area contributed by atoms with Crippen molar-refractivity contribution < 1.29 is 18.9 Å². The van der Waals surface area contributed by atoms with Gasteiger partial charge in [-0.05, 0) is 6.92 Å². The van der Waals surface area contributed by atoms with Crippen molar-refractivity contribution >= 4 is 29.4 Å². The van der Waals surface area contributed by atoms with Crippen LogP contribution >= 0.6 is 11.8 Å². The van der Waals surface area contributed by atoms with E-state index in [-0.39, 0.29) is 25.3 Å². The molecule has 1 rings (SSSR count). The van der Waals surface area contributed by atoms with Gasteiger partial charge in [-0.1, -0.05) is 0 Å². The van der Waals surface area contributed by atoms with Crippen molar-refractivity contribution in [3.63, 3.8) is 0 Å². The second kappa shape index (κ2) is 6.81. The van der Waals surface area contributed by atoms with Crippen molar-refractivity contribution in [2.45, 2.75) is 24.6 Å². The van der Waals surface area contributed by atoms with Crippen LogP contribution in [0.5, 0.6) is 0 Å². The van der Waals surface area contributed by atoms with Crippen LogP contribution in [0, 0.1) is 0 Å². The van der Waals surface area contributed by atoms with Crippen LogP contribution in [-0.2, 0) is 14.4 Å². The second-order valence-electron chi connectivity index (χ2n) is 3.91.